The van der Waals surface area contributed by atoms with E-state index in [1.165, 1.54) is 6.39 Å². The van der Waals surface area contributed by atoms with Crippen LogP contribution in [-0.4, -0.2) is 20.1 Å². The van der Waals surface area contributed by atoms with Gasteiger partial charge in [-0.2, -0.15) is 4.98 Å². The molecule has 84 valence electrons. The predicted molar refractivity (Wildman–Crippen MR) is 61.2 cm³/mol. The second-order valence-electron chi connectivity index (χ2n) is 3.44. The van der Waals surface area contributed by atoms with Gasteiger partial charge in [0.15, 0.2) is 5.82 Å². The summed E-state index contributed by atoms with van der Waals surface area (Å²) in [6.45, 7) is 0.462. The van der Waals surface area contributed by atoms with Crippen molar-refractivity contribution in [3.63, 3.8) is 0 Å². The van der Waals surface area contributed by atoms with E-state index in [-0.39, 0.29) is 0 Å². The van der Waals surface area contributed by atoms with Crippen molar-refractivity contribution in [1.82, 2.24) is 20.1 Å². The molecule has 17 heavy (non-hydrogen) atoms. The predicted octanol–water partition coefficient (Wildman–Crippen LogP) is 1.62. The third kappa shape index (κ3) is 2.05. The normalized spacial score (nSPS) is 10.6. The Bertz CT molecular complexity index is 623. The number of nitrogens with zero attached hydrogens (tertiary/aromatic N) is 4. The fraction of sp³-hybridized carbons (Fsp3) is 0.0909. The van der Waals surface area contributed by atoms with Gasteiger partial charge in [-0.3, -0.25) is 4.98 Å². The molecule has 0 unspecified atom stereocenters. The van der Waals surface area contributed by atoms with E-state index in [1.54, 1.807) is 6.20 Å². The maximum atomic E-state index is 4.64. The second kappa shape index (κ2) is 4.17. The van der Waals surface area contributed by atoms with Crippen molar-refractivity contribution >= 4 is 16.9 Å². The Morgan fingerprint density at radius 2 is 2.00 bits per heavy atom. The van der Waals surface area contributed by atoms with E-state index in [9.17, 15) is 0 Å². The molecule has 0 aliphatic heterocycles. The van der Waals surface area contributed by atoms with Gasteiger partial charge in [0.25, 0.3) is 0 Å². The van der Waals surface area contributed by atoms with E-state index >= 15 is 0 Å². The van der Waals surface area contributed by atoms with E-state index in [1.807, 2.05) is 24.3 Å². The largest absolute Gasteiger partial charge is 0.361 e. The SMILES string of the molecule is c1ccc2nc(NCc3ncon3)cnc2c1. The molecule has 0 amide bonds. The van der Waals surface area contributed by atoms with Crippen molar-refractivity contribution in [1.29, 1.82) is 0 Å². The number of fused-ring (bicyclic) bond motifs is 1. The summed E-state index contributed by atoms with van der Waals surface area (Å²) in [4.78, 5) is 12.6. The first-order valence-corrected chi connectivity index (χ1v) is 5.13. The van der Waals surface area contributed by atoms with Crippen LogP contribution in [0.15, 0.2) is 41.4 Å². The lowest BCUT2D eigenvalue weighted by Crippen LogP contribution is -2.03. The molecule has 0 radical (unpaired) electrons. The number of benzene rings is 1. The van der Waals surface area contributed by atoms with Gasteiger partial charge in [0.2, 0.25) is 6.39 Å². The van der Waals surface area contributed by atoms with Crippen LogP contribution in [0.4, 0.5) is 5.82 Å². The third-order valence-electron chi connectivity index (χ3n) is 2.28. The summed E-state index contributed by atoms with van der Waals surface area (Å²) in [7, 11) is 0. The molecule has 0 spiro atoms. The number of para-hydroxylation sites is 2. The van der Waals surface area contributed by atoms with Crippen LogP contribution in [0.1, 0.15) is 5.82 Å². The molecule has 1 N–H and O–H groups in total. The zero-order valence-corrected chi connectivity index (χ0v) is 8.87. The third-order valence-corrected chi connectivity index (χ3v) is 2.28. The van der Waals surface area contributed by atoms with Crippen molar-refractivity contribution in [2.45, 2.75) is 6.54 Å². The highest BCUT2D eigenvalue weighted by Crippen LogP contribution is 2.11. The maximum absolute atomic E-state index is 4.64. The zero-order valence-electron chi connectivity index (χ0n) is 8.87. The van der Waals surface area contributed by atoms with Crippen LogP contribution in [0.2, 0.25) is 0 Å². The number of hydrogen-bond donors (Lipinski definition) is 1. The minimum absolute atomic E-state index is 0.462. The number of aromatic nitrogens is 4. The Balaban J connectivity index is 1.81. The molecule has 0 aliphatic rings. The number of rotatable bonds is 3. The molecular formula is C11H9N5O. The van der Waals surface area contributed by atoms with Crippen LogP contribution in [-0.2, 0) is 6.54 Å². The quantitative estimate of drug-likeness (QED) is 0.732. The smallest absolute Gasteiger partial charge is 0.213 e. The molecule has 6 heteroatoms. The summed E-state index contributed by atoms with van der Waals surface area (Å²) in [5.41, 5.74) is 1.73. The summed E-state index contributed by atoms with van der Waals surface area (Å²) >= 11 is 0. The minimum Gasteiger partial charge on any atom is -0.361 e. The number of anilines is 1. The lowest BCUT2D eigenvalue weighted by atomic mass is 10.3. The van der Waals surface area contributed by atoms with E-state index in [2.05, 4.69) is 29.9 Å². The van der Waals surface area contributed by atoms with Crippen molar-refractivity contribution in [2.75, 3.05) is 5.32 Å². The summed E-state index contributed by atoms with van der Waals surface area (Å²) in [6, 6.07) is 7.70. The molecule has 0 saturated heterocycles. The lowest BCUT2D eigenvalue weighted by molar-refractivity contribution is 0.411. The average Bonchev–Trinajstić information content (AvgIpc) is 2.89. The summed E-state index contributed by atoms with van der Waals surface area (Å²) in [5.74, 6) is 1.27. The summed E-state index contributed by atoms with van der Waals surface area (Å²) < 4.78 is 4.64. The summed E-state index contributed by atoms with van der Waals surface area (Å²) in [5, 5.41) is 6.78. The van der Waals surface area contributed by atoms with Gasteiger partial charge in [0, 0.05) is 0 Å². The van der Waals surface area contributed by atoms with Gasteiger partial charge in [-0.25, -0.2) is 4.98 Å². The van der Waals surface area contributed by atoms with Crippen molar-refractivity contribution in [2.24, 2.45) is 0 Å². The van der Waals surface area contributed by atoms with Gasteiger partial charge in [0.05, 0.1) is 23.8 Å². The van der Waals surface area contributed by atoms with Crippen LogP contribution in [0.5, 0.6) is 0 Å². The van der Waals surface area contributed by atoms with Crippen molar-refractivity contribution in [3.8, 4) is 0 Å². The molecule has 3 aromatic rings. The molecule has 0 fully saturated rings. The molecule has 0 aliphatic carbocycles. The van der Waals surface area contributed by atoms with Gasteiger partial charge in [-0.05, 0) is 12.1 Å². The molecule has 0 saturated carbocycles. The van der Waals surface area contributed by atoms with Gasteiger partial charge in [0.1, 0.15) is 5.82 Å². The first-order valence-electron chi connectivity index (χ1n) is 5.13. The highest BCUT2D eigenvalue weighted by molar-refractivity contribution is 5.75. The van der Waals surface area contributed by atoms with E-state index in [4.69, 9.17) is 0 Å². The Morgan fingerprint density at radius 3 is 2.82 bits per heavy atom. The highest BCUT2D eigenvalue weighted by Gasteiger charge is 2.01. The molecule has 2 heterocycles. The van der Waals surface area contributed by atoms with Gasteiger partial charge >= 0.3 is 0 Å². The van der Waals surface area contributed by atoms with E-state index in [0.717, 1.165) is 11.0 Å². The Labute approximate surface area is 96.7 Å². The van der Waals surface area contributed by atoms with Crippen molar-refractivity contribution in [3.05, 3.63) is 42.7 Å². The monoisotopic (exact) mass is 227 g/mol. The first kappa shape index (κ1) is 9.71. The topological polar surface area (TPSA) is 76.7 Å². The molecule has 2 aromatic heterocycles. The molecule has 3 rings (SSSR count). The lowest BCUT2D eigenvalue weighted by Gasteiger charge is -2.03. The van der Waals surface area contributed by atoms with E-state index in [0.29, 0.717) is 18.2 Å². The Hall–Kier alpha value is -2.50. The average molecular weight is 227 g/mol. The standard InChI is InChI=1S/C11H9N5O/c1-2-4-9-8(3-1)12-5-10(15-9)13-6-11-14-7-17-16-11/h1-5,7H,6H2,(H,13,15). The number of nitrogens with one attached hydrogen (secondary N) is 1. The van der Waals surface area contributed by atoms with Crippen LogP contribution < -0.4 is 5.32 Å². The summed E-state index contributed by atoms with van der Waals surface area (Å²) in [6.07, 6.45) is 2.98. The molecule has 0 atom stereocenters. The fourth-order valence-corrected chi connectivity index (χ4v) is 1.48. The van der Waals surface area contributed by atoms with Crippen LogP contribution in [0, 0.1) is 0 Å². The first-order chi connectivity index (χ1) is 8.42. The van der Waals surface area contributed by atoms with Gasteiger partial charge in [-0.15, -0.1) is 0 Å². The molecule has 6 nitrogen and oxygen atoms in total. The number of hydrogen-bond acceptors (Lipinski definition) is 6. The zero-order chi connectivity index (χ0) is 11.5. The fourth-order valence-electron chi connectivity index (χ4n) is 1.48. The molecule has 1 aromatic carbocycles. The van der Waals surface area contributed by atoms with Gasteiger partial charge < -0.3 is 9.84 Å². The second-order valence-corrected chi connectivity index (χ2v) is 3.44. The van der Waals surface area contributed by atoms with E-state index < -0.39 is 0 Å². The molecular weight excluding hydrogens is 218 g/mol. The minimum atomic E-state index is 0.462. The van der Waals surface area contributed by atoms with Crippen LogP contribution in [0.25, 0.3) is 11.0 Å². The van der Waals surface area contributed by atoms with Gasteiger partial charge in [-0.1, -0.05) is 17.3 Å². The van der Waals surface area contributed by atoms with Crippen LogP contribution in [0.3, 0.4) is 0 Å². The van der Waals surface area contributed by atoms with Crippen molar-refractivity contribution < 1.29 is 4.52 Å². The Kier molecular flexibility index (Phi) is 2.38. The van der Waals surface area contributed by atoms with Crippen LogP contribution >= 0.6 is 0 Å². The molecule has 0 bridgehead atoms. The Morgan fingerprint density at radius 1 is 1.12 bits per heavy atom. The highest BCUT2D eigenvalue weighted by atomic mass is 16.5. The maximum Gasteiger partial charge on any atom is 0.213 e.